The first-order valence-corrected chi connectivity index (χ1v) is 7.07. The predicted octanol–water partition coefficient (Wildman–Crippen LogP) is 1.24. The predicted molar refractivity (Wildman–Crippen MR) is 73.3 cm³/mol. The Labute approximate surface area is 111 Å². The van der Waals surface area contributed by atoms with Crippen LogP contribution in [0.4, 0.5) is 0 Å². The number of nitrogens with one attached hydrogen (secondary N) is 1. The molecule has 0 aromatic heterocycles. The third-order valence-electron chi connectivity index (χ3n) is 2.51. The number of carbonyl (C=O) groups excluding carboxylic acids is 1. The third kappa shape index (κ3) is 4.78. The summed E-state index contributed by atoms with van der Waals surface area (Å²) in [7, 11) is 0. The second kappa shape index (κ2) is 6.89. The fourth-order valence-electron chi connectivity index (χ4n) is 1.75. The van der Waals surface area contributed by atoms with Crippen LogP contribution in [0, 0.1) is 5.92 Å². The fourth-order valence-corrected chi connectivity index (χ4v) is 2.72. The first-order valence-electron chi connectivity index (χ1n) is 5.92. The van der Waals surface area contributed by atoms with Gasteiger partial charge in [0.2, 0.25) is 0 Å². The minimum absolute atomic E-state index is 0.205. The number of hydrogen-bond donors (Lipinski definition) is 2. The monoisotopic (exact) mass is 268 g/mol. The molecule has 3 N–H and O–H groups in total. The van der Waals surface area contributed by atoms with Crippen LogP contribution >= 0.6 is 0 Å². The zero-order chi connectivity index (χ0) is 13.6. The van der Waals surface area contributed by atoms with Crippen molar-refractivity contribution in [3.05, 3.63) is 30.3 Å². The molecule has 0 heterocycles. The molecule has 0 radical (unpaired) electrons. The molecule has 0 amide bonds. The van der Waals surface area contributed by atoms with Crippen molar-refractivity contribution in [3.8, 4) is 0 Å². The van der Waals surface area contributed by atoms with Gasteiger partial charge in [-0.25, -0.2) is 0 Å². The van der Waals surface area contributed by atoms with E-state index in [0.717, 1.165) is 6.29 Å². The van der Waals surface area contributed by atoms with Crippen LogP contribution in [0.2, 0.25) is 0 Å². The lowest BCUT2D eigenvalue weighted by Crippen LogP contribution is -2.52. The molecule has 5 heteroatoms. The molecule has 4 nitrogen and oxygen atoms in total. The summed E-state index contributed by atoms with van der Waals surface area (Å²) in [5.74, 6) is 0.312. The molecular weight excluding hydrogens is 248 g/mol. The Morgan fingerprint density at radius 1 is 1.44 bits per heavy atom. The van der Waals surface area contributed by atoms with E-state index in [9.17, 15) is 9.35 Å². The quantitative estimate of drug-likeness (QED) is 0.576. The van der Waals surface area contributed by atoms with E-state index in [2.05, 4.69) is 4.72 Å². The average Bonchev–Trinajstić information content (AvgIpc) is 2.36. The van der Waals surface area contributed by atoms with Gasteiger partial charge in [0.05, 0.1) is 23.4 Å². The van der Waals surface area contributed by atoms with E-state index in [4.69, 9.17) is 5.73 Å². The topological polar surface area (TPSA) is 78.2 Å². The Hall–Kier alpha value is -0.880. The molecule has 0 fully saturated rings. The molecule has 18 heavy (non-hydrogen) atoms. The zero-order valence-electron chi connectivity index (χ0n) is 10.8. The molecule has 0 saturated heterocycles. The summed E-state index contributed by atoms with van der Waals surface area (Å²) in [6.07, 6.45) is 1.30. The maximum atomic E-state index is 11.9. The van der Waals surface area contributed by atoms with Crippen molar-refractivity contribution in [1.82, 2.24) is 4.72 Å². The molecule has 1 unspecified atom stereocenters. The van der Waals surface area contributed by atoms with Crippen molar-refractivity contribution in [2.45, 2.75) is 30.7 Å². The smallest absolute Gasteiger partial charge is 0.173 e. The van der Waals surface area contributed by atoms with Crippen molar-refractivity contribution < 1.29 is 9.35 Å². The lowest BCUT2D eigenvalue weighted by Gasteiger charge is -2.25. The number of hydrogen-bond acceptors (Lipinski definition) is 4. The molecule has 100 valence electrons. The molecular formula is C13H20N2O2S. The number of aldehydes is 1. The molecule has 0 spiro atoms. The summed E-state index contributed by atoms with van der Waals surface area (Å²) < 4.78 is 14.7. The summed E-state index contributed by atoms with van der Waals surface area (Å²) in [6, 6.07) is 9.03. The van der Waals surface area contributed by atoms with E-state index < -0.39 is 16.9 Å². The van der Waals surface area contributed by atoms with Crippen molar-refractivity contribution in [2.75, 3.05) is 6.54 Å². The Morgan fingerprint density at radius 2 is 2.06 bits per heavy atom. The summed E-state index contributed by atoms with van der Waals surface area (Å²) in [5.41, 5.74) is 5.00. The highest BCUT2D eigenvalue weighted by Gasteiger charge is 2.28. The molecule has 0 aliphatic heterocycles. The molecule has 1 aromatic rings. The van der Waals surface area contributed by atoms with E-state index in [1.165, 1.54) is 0 Å². The van der Waals surface area contributed by atoms with Gasteiger partial charge in [0, 0.05) is 0 Å². The van der Waals surface area contributed by atoms with Crippen LogP contribution < -0.4 is 10.5 Å². The highest BCUT2D eigenvalue weighted by molar-refractivity contribution is 7.89. The number of nitrogens with two attached hydrogens (primary N) is 1. The van der Waals surface area contributed by atoms with Gasteiger partial charge in [-0.05, 0) is 24.5 Å². The first kappa shape index (κ1) is 15.2. The van der Waals surface area contributed by atoms with Crippen LogP contribution in [-0.2, 0) is 16.2 Å². The number of rotatable bonds is 7. The lowest BCUT2D eigenvalue weighted by molar-refractivity contribution is -0.112. The van der Waals surface area contributed by atoms with E-state index in [-0.39, 0.29) is 6.54 Å². The van der Waals surface area contributed by atoms with Gasteiger partial charge in [-0.1, -0.05) is 32.0 Å². The maximum absolute atomic E-state index is 11.9. The molecule has 0 aliphatic rings. The zero-order valence-corrected chi connectivity index (χ0v) is 11.6. The number of carbonyl (C=O) groups is 1. The van der Waals surface area contributed by atoms with Crippen molar-refractivity contribution in [2.24, 2.45) is 11.7 Å². The summed E-state index contributed by atoms with van der Waals surface area (Å²) >= 11 is -1.34. The van der Waals surface area contributed by atoms with Gasteiger partial charge in [-0.3, -0.25) is 0 Å². The van der Waals surface area contributed by atoms with Gasteiger partial charge < -0.3 is 15.1 Å². The minimum atomic E-state index is -1.34. The van der Waals surface area contributed by atoms with Gasteiger partial charge in [0.1, 0.15) is 6.29 Å². The molecule has 2 atom stereocenters. The molecule has 0 aliphatic carbocycles. The highest BCUT2D eigenvalue weighted by Crippen LogP contribution is 2.13. The van der Waals surface area contributed by atoms with Crippen LogP contribution in [0.1, 0.15) is 20.3 Å². The van der Waals surface area contributed by atoms with Gasteiger partial charge in [0.15, 0.2) is 4.90 Å². The van der Waals surface area contributed by atoms with Gasteiger partial charge in [-0.2, -0.15) is 0 Å². The third-order valence-corrected chi connectivity index (χ3v) is 3.62. The van der Waals surface area contributed by atoms with E-state index in [1.54, 1.807) is 12.1 Å². The number of benzene rings is 1. The normalized spacial score (nSPS) is 16.3. The Bertz CT molecular complexity index is 373. The van der Waals surface area contributed by atoms with Crippen LogP contribution in [0.3, 0.4) is 0 Å². The molecule has 1 rings (SSSR count). The second-order valence-corrected chi connectivity index (χ2v) is 6.15. The van der Waals surface area contributed by atoms with E-state index in [0.29, 0.717) is 17.2 Å². The highest BCUT2D eigenvalue weighted by atomic mass is 32.2. The van der Waals surface area contributed by atoms with Gasteiger partial charge in [-0.15, -0.1) is 4.72 Å². The maximum Gasteiger partial charge on any atom is 0.173 e. The standard InChI is InChI=1S/C13H20N2O2S/c1-11(2)8-13(14,10-16)9-15-18(17)12-6-4-3-5-7-12/h3-7,10-11,15H,8-9,14H2,1-2H3/t13?,18-/m1/s1. The van der Waals surface area contributed by atoms with Crippen molar-refractivity contribution in [1.29, 1.82) is 0 Å². The molecule has 0 saturated carbocycles. The Morgan fingerprint density at radius 3 is 2.56 bits per heavy atom. The molecule has 0 bridgehead atoms. The van der Waals surface area contributed by atoms with Crippen LogP contribution in [-0.4, -0.2) is 22.9 Å². The van der Waals surface area contributed by atoms with E-state index >= 15 is 0 Å². The SMILES string of the molecule is CC(C)CC(N)(C=O)CN[S@+]([O-])c1ccccc1. The molecule has 1 aromatic carbocycles. The Kier molecular flexibility index (Phi) is 5.81. The fraction of sp³-hybridized carbons (Fsp3) is 0.462. The largest absolute Gasteiger partial charge is 0.593 e. The van der Waals surface area contributed by atoms with Gasteiger partial charge >= 0.3 is 0 Å². The minimum Gasteiger partial charge on any atom is -0.593 e. The first-order chi connectivity index (χ1) is 8.47. The summed E-state index contributed by atoms with van der Waals surface area (Å²) in [5, 5.41) is 0. The van der Waals surface area contributed by atoms with E-state index in [1.807, 2.05) is 32.0 Å². The van der Waals surface area contributed by atoms with Crippen molar-refractivity contribution in [3.63, 3.8) is 0 Å². The lowest BCUT2D eigenvalue weighted by atomic mass is 9.91. The van der Waals surface area contributed by atoms with Crippen LogP contribution in [0.25, 0.3) is 0 Å². The Balaban J connectivity index is 2.55. The average molecular weight is 268 g/mol. The van der Waals surface area contributed by atoms with Gasteiger partial charge in [0.25, 0.3) is 0 Å². The second-order valence-electron chi connectivity index (χ2n) is 4.85. The summed E-state index contributed by atoms with van der Waals surface area (Å²) in [6.45, 7) is 4.20. The van der Waals surface area contributed by atoms with Crippen LogP contribution in [0.5, 0.6) is 0 Å². The van der Waals surface area contributed by atoms with Crippen molar-refractivity contribution >= 4 is 17.6 Å². The van der Waals surface area contributed by atoms with Crippen LogP contribution in [0.15, 0.2) is 35.2 Å². The summed E-state index contributed by atoms with van der Waals surface area (Å²) in [4.78, 5) is 11.7.